The molecular formula is C14H13F3N2O6. The molecule has 0 radical (unpaired) electrons. The van der Waals surface area contributed by atoms with Gasteiger partial charge in [0, 0.05) is 6.92 Å². The Morgan fingerprint density at radius 2 is 2.12 bits per heavy atom. The molecule has 11 heteroatoms. The number of pyridine rings is 1. The summed E-state index contributed by atoms with van der Waals surface area (Å²) in [6.45, 7) is 0.658. The molecule has 2 heterocycles. The van der Waals surface area contributed by atoms with Crippen molar-refractivity contribution >= 4 is 23.7 Å². The molecule has 1 N–H and O–H groups in total. The number of esters is 1. The van der Waals surface area contributed by atoms with Crippen LogP contribution in [-0.2, 0) is 30.0 Å². The van der Waals surface area contributed by atoms with Gasteiger partial charge in [-0.25, -0.2) is 9.78 Å². The summed E-state index contributed by atoms with van der Waals surface area (Å²) < 4.78 is 47.9. The van der Waals surface area contributed by atoms with Crippen LogP contribution in [0.2, 0.25) is 0 Å². The molecule has 2 atom stereocenters. The van der Waals surface area contributed by atoms with E-state index >= 15 is 0 Å². The Morgan fingerprint density at radius 1 is 1.44 bits per heavy atom. The smallest absolute Gasteiger partial charge is 0.433 e. The Hall–Kier alpha value is -2.69. The van der Waals surface area contributed by atoms with E-state index < -0.39 is 41.9 Å². The molecule has 1 aliphatic rings. The second kappa shape index (κ2) is 7.05. The normalized spacial score (nSPS) is 19.4. The molecule has 1 aromatic heterocycles. The maximum atomic E-state index is 12.8. The SMILES string of the molecule is CC(=O)OC(C(=O)O)[C@H]1OCCN(c2cccc(C(F)(F)F)n2)C1=O. The number of rotatable bonds is 4. The standard InChI is InChI=1S/C14H13F3N2O6/c1-7(20)25-11(13(22)23)10-12(21)19(5-6-24-10)9-4-2-3-8(18-9)14(15,16)17/h2-4,10-11H,5-6H2,1H3,(H,22,23)/t10-,11?/m1/s1. The number of halogens is 3. The molecule has 2 rings (SSSR count). The van der Waals surface area contributed by atoms with Crippen LogP contribution in [0.15, 0.2) is 18.2 Å². The van der Waals surface area contributed by atoms with Crippen molar-refractivity contribution < 1.29 is 42.1 Å². The van der Waals surface area contributed by atoms with E-state index in [2.05, 4.69) is 9.72 Å². The maximum absolute atomic E-state index is 12.8. The lowest BCUT2D eigenvalue weighted by Crippen LogP contribution is -2.55. The molecule has 1 saturated heterocycles. The van der Waals surface area contributed by atoms with Gasteiger partial charge in [0.2, 0.25) is 6.10 Å². The second-order valence-electron chi connectivity index (χ2n) is 5.03. The summed E-state index contributed by atoms with van der Waals surface area (Å²) in [4.78, 5) is 38.9. The van der Waals surface area contributed by atoms with E-state index in [1.54, 1.807) is 0 Å². The lowest BCUT2D eigenvalue weighted by atomic mass is 10.1. The van der Waals surface area contributed by atoms with Gasteiger partial charge >= 0.3 is 18.1 Å². The van der Waals surface area contributed by atoms with Crippen LogP contribution in [0.25, 0.3) is 0 Å². The predicted molar refractivity (Wildman–Crippen MR) is 74.5 cm³/mol. The van der Waals surface area contributed by atoms with Crippen molar-refractivity contribution in [1.82, 2.24) is 4.98 Å². The number of morpholine rings is 1. The maximum Gasteiger partial charge on any atom is 0.433 e. The Kier molecular flexibility index (Phi) is 5.26. The summed E-state index contributed by atoms with van der Waals surface area (Å²) in [5, 5.41) is 9.11. The molecule has 0 bridgehead atoms. The first-order valence-corrected chi connectivity index (χ1v) is 6.98. The quantitative estimate of drug-likeness (QED) is 0.792. The number of carbonyl (C=O) groups excluding carboxylic acids is 2. The molecule has 0 saturated carbocycles. The Morgan fingerprint density at radius 3 is 2.68 bits per heavy atom. The van der Waals surface area contributed by atoms with E-state index in [-0.39, 0.29) is 19.0 Å². The number of hydrogen-bond donors (Lipinski definition) is 1. The van der Waals surface area contributed by atoms with Crippen molar-refractivity contribution in [2.45, 2.75) is 25.3 Å². The molecular weight excluding hydrogens is 349 g/mol. The van der Waals surface area contributed by atoms with Gasteiger partial charge in [-0.3, -0.25) is 14.5 Å². The van der Waals surface area contributed by atoms with Crippen LogP contribution in [0.3, 0.4) is 0 Å². The summed E-state index contributed by atoms with van der Waals surface area (Å²) in [6, 6.07) is 2.99. The molecule has 25 heavy (non-hydrogen) atoms. The third-order valence-corrected chi connectivity index (χ3v) is 3.23. The highest BCUT2D eigenvalue weighted by Crippen LogP contribution is 2.29. The molecule has 0 aromatic carbocycles. The number of aromatic nitrogens is 1. The number of carboxylic acids is 1. The minimum absolute atomic E-state index is 0.129. The summed E-state index contributed by atoms with van der Waals surface area (Å²) in [7, 11) is 0. The van der Waals surface area contributed by atoms with Gasteiger partial charge in [0.1, 0.15) is 11.5 Å². The fraction of sp³-hybridized carbons (Fsp3) is 0.429. The topological polar surface area (TPSA) is 106 Å². The highest BCUT2D eigenvalue weighted by molar-refractivity contribution is 5.99. The number of anilines is 1. The fourth-order valence-electron chi connectivity index (χ4n) is 2.20. The van der Waals surface area contributed by atoms with Gasteiger partial charge in [-0.2, -0.15) is 13.2 Å². The van der Waals surface area contributed by atoms with Gasteiger partial charge in [-0.1, -0.05) is 6.07 Å². The number of amides is 1. The number of carboxylic acid groups (broad SMARTS) is 1. The average molecular weight is 362 g/mol. The Balaban J connectivity index is 2.30. The van der Waals surface area contributed by atoms with Crippen LogP contribution in [0.5, 0.6) is 0 Å². The van der Waals surface area contributed by atoms with Crippen molar-refractivity contribution in [2.24, 2.45) is 0 Å². The minimum atomic E-state index is -4.70. The molecule has 8 nitrogen and oxygen atoms in total. The van der Waals surface area contributed by atoms with Gasteiger partial charge in [0.15, 0.2) is 6.10 Å². The number of hydrogen-bond acceptors (Lipinski definition) is 6. The third-order valence-electron chi connectivity index (χ3n) is 3.23. The molecule has 1 aromatic rings. The van der Waals surface area contributed by atoms with Crippen LogP contribution >= 0.6 is 0 Å². The van der Waals surface area contributed by atoms with Crippen molar-refractivity contribution in [3.05, 3.63) is 23.9 Å². The highest BCUT2D eigenvalue weighted by atomic mass is 19.4. The van der Waals surface area contributed by atoms with Gasteiger partial charge in [0.05, 0.1) is 13.2 Å². The van der Waals surface area contributed by atoms with E-state index in [0.717, 1.165) is 24.0 Å². The van der Waals surface area contributed by atoms with Crippen LogP contribution in [-0.4, -0.2) is 53.3 Å². The zero-order valence-corrected chi connectivity index (χ0v) is 12.8. The number of carbonyl (C=O) groups is 3. The average Bonchev–Trinajstić information content (AvgIpc) is 2.52. The highest BCUT2D eigenvalue weighted by Gasteiger charge is 2.43. The summed E-state index contributed by atoms with van der Waals surface area (Å²) in [5.41, 5.74) is -1.20. The number of nitrogens with zero attached hydrogens (tertiary/aromatic N) is 2. The summed E-state index contributed by atoms with van der Waals surface area (Å²) in [5.74, 6) is -3.84. The van der Waals surface area contributed by atoms with Gasteiger partial charge < -0.3 is 14.6 Å². The number of aliphatic carboxylic acids is 1. The van der Waals surface area contributed by atoms with E-state index in [1.165, 1.54) is 6.07 Å². The van der Waals surface area contributed by atoms with Gasteiger partial charge in [0.25, 0.3) is 5.91 Å². The Bertz CT molecular complexity index is 693. The Labute approximate surface area is 139 Å². The largest absolute Gasteiger partial charge is 0.478 e. The summed E-state index contributed by atoms with van der Waals surface area (Å²) >= 11 is 0. The molecule has 136 valence electrons. The minimum Gasteiger partial charge on any atom is -0.478 e. The number of alkyl halides is 3. The zero-order valence-electron chi connectivity index (χ0n) is 12.8. The summed E-state index contributed by atoms with van der Waals surface area (Å²) in [6.07, 6.45) is -8.31. The molecule has 1 fully saturated rings. The van der Waals surface area contributed by atoms with Crippen molar-refractivity contribution in [3.63, 3.8) is 0 Å². The van der Waals surface area contributed by atoms with E-state index in [9.17, 15) is 27.6 Å². The first-order valence-electron chi connectivity index (χ1n) is 6.98. The van der Waals surface area contributed by atoms with E-state index in [1.807, 2.05) is 0 Å². The molecule has 1 unspecified atom stereocenters. The lowest BCUT2D eigenvalue weighted by molar-refractivity contribution is -0.177. The van der Waals surface area contributed by atoms with Crippen molar-refractivity contribution in [1.29, 1.82) is 0 Å². The predicted octanol–water partition coefficient (Wildman–Crippen LogP) is 0.848. The van der Waals surface area contributed by atoms with Gasteiger partial charge in [-0.15, -0.1) is 0 Å². The molecule has 0 aliphatic carbocycles. The van der Waals surface area contributed by atoms with Crippen LogP contribution < -0.4 is 4.90 Å². The molecule has 1 amide bonds. The van der Waals surface area contributed by atoms with E-state index in [0.29, 0.717) is 0 Å². The van der Waals surface area contributed by atoms with Crippen LogP contribution in [0.1, 0.15) is 12.6 Å². The third kappa shape index (κ3) is 4.24. The van der Waals surface area contributed by atoms with Gasteiger partial charge in [-0.05, 0) is 12.1 Å². The first kappa shape index (κ1) is 18.6. The van der Waals surface area contributed by atoms with E-state index in [4.69, 9.17) is 9.84 Å². The van der Waals surface area contributed by atoms with Crippen molar-refractivity contribution in [2.75, 3.05) is 18.1 Å². The van der Waals surface area contributed by atoms with Crippen LogP contribution in [0, 0.1) is 0 Å². The number of ether oxygens (including phenoxy) is 2. The first-order chi connectivity index (χ1) is 11.6. The molecule has 1 aliphatic heterocycles. The monoisotopic (exact) mass is 362 g/mol. The van der Waals surface area contributed by atoms with Crippen LogP contribution in [0.4, 0.5) is 19.0 Å². The zero-order chi connectivity index (χ0) is 18.8. The fourth-order valence-corrected chi connectivity index (χ4v) is 2.20. The van der Waals surface area contributed by atoms with Crippen molar-refractivity contribution in [3.8, 4) is 0 Å². The molecule has 0 spiro atoms. The lowest BCUT2D eigenvalue weighted by Gasteiger charge is -2.33. The second-order valence-corrected chi connectivity index (χ2v) is 5.03.